The Labute approximate surface area is 184 Å². The number of carboxylic acid groups (broad SMARTS) is 1. The average molecular weight is 433 g/mol. The van der Waals surface area contributed by atoms with Gasteiger partial charge in [0.05, 0.1) is 49.8 Å². The third-order valence-electron chi connectivity index (χ3n) is 5.04. The normalized spacial score (nSPS) is 10.8. The van der Waals surface area contributed by atoms with Crippen LogP contribution in [0.2, 0.25) is 0 Å². The predicted molar refractivity (Wildman–Crippen MR) is 121 cm³/mol. The SMILES string of the molecule is COc1cc(OC)cc(N(CCC(=O)O)c2ccc3ncc(-c4cnn(C)c4)nc3c2)c1. The van der Waals surface area contributed by atoms with E-state index in [1.807, 2.05) is 48.5 Å². The van der Waals surface area contributed by atoms with E-state index in [0.29, 0.717) is 22.7 Å². The lowest BCUT2D eigenvalue weighted by Crippen LogP contribution is -2.21. The molecule has 2 aromatic carbocycles. The van der Waals surface area contributed by atoms with Crippen molar-refractivity contribution in [1.29, 1.82) is 0 Å². The van der Waals surface area contributed by atoms with Gasteiger partial charge in [-0.1, -0.05) is 0 Å². The van der Waals surface area contributed by atoms with Crippen molar-refractivity contribution in [2.24, 2.45) is 7.05 Å². The Hall–Kier alpha value is -4.14. The summed E-state index contributed by atoms with van der Waals surface area (Å²) in [4.78, 5) is 22.5. The Morgan fingerprint density at radius 2 is 1.78 bits per heavy atom. The van der Waals surface area contributed by atoms with Gasteiger partial charge in [-0.05, 0) is 18.2 Å². The van der Waals surface area contributed by atoms with E-state index < -0.39 is 5.97 Å². The van der Waals surface area contributed by atoms with Gasteiger partial charge in [-0.25, -0.2) is 4.98 Å². The molecule has 0 aliphatic rings. The Kier molecular flexibility index (Phi) is 5.89. The second kappa shape index (κ2) is 8.93. The van der Waals surface area contributed by atoms with E-state index >= 15 is 0 Å². The number of nitrogens with zero attached hydrogens (tertiary/aromatic N) is 5. The van der Waals surface area contributed by atoms with E-state index in [0.717, 1.165) is 22.5 Å². The smallest absolute Gasteiger partial charge is 0.305 e. The van der Waals surface area contributed by atoms with Gasteiger partial charge in [-0.15, -0.1) is 0 Å². The zero-order valence-corrected chi connectivity index (χ0v) is 18.0. The molecule has 0 aliphatic carbocycles. The molecule has 4 rings (SSSR count). The number of anilines is 2. The number of ether oxygens (including phenoxy) is 2. The van der Waals surface area contributed by atoms with Crippen LogP contribution in [-0.2, 0) is 11.8 Å². The molecule has 32 heavy (non-hydrogen) atoms. The molecular formula is C23H23N5O4. The summed E-state index contributed by atoms with van der Waals surface area (Å²) in [5, 5.41) is 13.5. The third-order valence-corrected chi connectivity index (χ3v) is 5.04. The number of aliphatic carboxylic acids is 1. The number of carboxylic acids is 1. The highest BCUT2D eigenvalue weighted by Gasteiger charge is 2.15. The van der Waals surface area contributed by atoms with E-state index in [9.17, 15) is 9.90 Å². The fourth-order valence-corrected chi connectivity index (χ4v) is 3.42. The highest BCUT2D eigenvalue weighted by Crippen LogP contribution is 2.34. The van der Waals surface area contributed by atoms with Crippen LogP contribution in [0.4, 0.5) is 11.4 Å². The maximum Gasteiger partial charge on any atom is 0.305 e. The lowest BCUT2D eigenvalue weighted by atomic mass is 10.1. The molecule has 0 amide bonds. The number of carbonyl (C=O) groups is 1. The molecule has 164 valence electrons. The molecule has 0 unspecified atom stereocenters. The van der Waals surface area contributed by atoms with Crippen molar-refractivity contribution >= 4 is 28.4 Å². The largest absolute Gasteiger partial charge is 0.497 e. The Balaban J connectivity index is 1.79. The van der Waals surface area contributed by atoms with Crippen LogP contribution in [0.3, 0.4) is 0 Å². The van der Waals surface area contributed by atoms with Gasteiger partial charge in [0.2, 0.25) is 0 Å². The molecule has 9 heteroatoms. The first-order valence-electron chi connectivity index (χ1n) is 9.95. The molecule has 2 heterocycles. The molecule has 1 N–H and O–H groups in total. The first-order valence-corrected chi connectivity index (χ1v) is 9.95. The summed E-state index contributed by atoms with van der Waals surface area (Å²) in [6, 6.07) is 11.1. The van der Waals surface area contributed by atoms with Crippen molar-refractivity contribution in [2.45, 2.75) is 6.42 Å². The van der Waals surface area contributed by atoms with Crippen molar-refractivity contribution in [1.82, 2.24) is 19.7 Å². The van der Waals surface area contributed by atoms with Crippen LogP contribution >= 0.6 is 0 Å². The van der Waals surface area contributed by atoms with Gasteiger partial charge in [0.15, 0.2) is 0 Å². The molecular weight excluding hydrogens is 410 g/mol. The summed E-state index contributed by atoms with van der Waals surface area (Å²) >= 11 is 0. The fourth-order valence-electron chi connectivity index (χ4n) is 3.42. The zero-order valence-electron chi connectivity index (χ0n) is 18.0. The van der Waals surface area contributed by atoms with E-state index in [1.54, 1.807) is 37.4 Å². The average Bonchev–Trinajstić information content (AvgIpc) is 3.24. The number of aromatic nitrogens is 4. The van der Waals surface area contributed by atoms with Crippen LogP contribution in [0.5, 0.6) is 11.5 Å². The topological polar surface area (TPSA) is 103 Å². The minimum Gasteiger partial charge on any atom is -0.497 e. The summed E-state index contributed by atoms with van der Waals surface area (Å²) in [5.74, 6) is 0.336. The summed E-state index contributed by atoms with van der Waals surface area (Å²) in [6.07, 6.45) is 5.29. The molecule has 0 spiro atoms. The lowest BCUT2D eigenvalue weighted by molar-refractivity contribution is -0.136. The maximum absolute atomic E-state index is 11.3. The summed E-state index contributed by atoms with van der Waals surface area (Å²) in [6.45, 7) is 0.257. The molecule has 0 bridgehead atoms. The highest BCUT2D eigenvalue weighted by molar-refractivity contribution is 5.83. The number of benzene rings is 2. The highest BCUT2D eigenvalue weighted by atomic mass is 16.5. The second-order valence-corrected chi connectivity index (χ2v) is 7.20. The van der Waals surface area contributed by atoms with Gasteiger partial charge in [0.1, 0.15) is 11.5 Å². The van der Waals surface area contributed by atoms with Crippen LogP contribution < -0.4 is 14.4 Å². The molecule has 0 fully saturated rings. The monoisotopic (exact) mass is 433 g/mol. The maximum atomic E-state index is 11.3. The molecule has 9 nitrogen and oxygen atoms in total. The van der Waals surface area contributed by atoms with Gasteiger partial charge < -0.3 is 19.5 Å². The molecule has 0 atom stereocenters. The van der Waals surface area contributed by atoms with Gasteiger partial charge >= 0.3 is 5.97 Å². The summed E-state index contributed by atoms with van der Waals surface area (Å²) in [5.41, 5.74) is 4.54. The van der Waals surface area contributed by atoms with Crippen molar-refractivity contribution in [2.75, 3.05) is 25.7 Å². The standard InChI is InChI=1S/C23H23N5O4/c1-27-14-15(12-25-27)22-13-24-20-5-4-16(10-21(20)26-22)28(7-6-23(29)30)17-8-18(31-2)11-19(9-17)32-3/h4-5,8-14H,6-7H2,1-3H3,(H,29,30). The summed E-state index contributed by atoms with van der Waals surface area (Å²) < 4.78 is 12.5. The number of methoxy groups -OCH3 is 2. The number of aryl methyl sites for hydroxylation is 1. The van der Waals surface area contributed by atoms with E-state index in [1.165, 1.54) is 0 Å². The first-order chi connectivity index (χ1) is 15.5. The van der Waals surface area contributed by atoms with Gasteiger partial charge in [0, 0.05) is 54.9 Å². The predicted octanol–water partition coefficient (Wildman–Crippen LogP) is 3.66. The Morgan fingerprint density at radius 1 is 1.03 bits per heavy atom. The van der Waals surface area contributed by atoms with Gasteiger partial charge in [-0.2, -0.15) is 5.10 Å². The first kappa shape index (κ1) is 21.1. The number of rotatable bonds is 8. The minimum atomic E-state index is -0.885. The second-order valence-electron chi connectivity index (χ2n) is 7.20. The quantitative estimate of drug-likeness (QED) is 0.449. The van der Waals surface area contributed by atoms with E-state index in [2.05, 4.69) is 10.1 Å². The minimum absolute atomic E-state index is 0.0427. The van der Waals surface area contributed by atoms with Crippen molar-refractivity contribution in [3.63, 3.8) is 0 Å². The zero-order chi connectivity index (χ0) is 22.7. The Bertz CT molecular complexity index is 1250. The van der Waals surface area contributed by atoms with Crippen LogP contribution in [0.1, 0.15) is 6.42 Å². The molecule has 0 saturated heterocycles. The van der Waals surface area contributed by atoms with Gasteiger partial charge in [0.25, 0.3) is 0 Å². The lowest BCUT2D eigenvalue weighted by Gasteiger charge is -2.25. The third kappa shape index (κ3) is 4.46. The van der Waals surface area contributed by atoms with Crippen LogP contribution in [0.25, 0.3) is 22.3 Å². The number of hydrogen-bond acceptors (Lipinski definition) is 7. The molecule has 4 aromatic rings. The molecule has 0 saturated carbocycles. The van der Waals surface area contributed by atoms with E-state index in [-0.39, 0.29) is 13.0 Å². The number of hydrogen-bond donors (Lipinski definition) is 1. The number of fused-ring (bicyclic) bond motifs is 1. The molecule has 0 radical (unpaired) electrons. The summed E-state index contributed by atoms with van der Waals surface area (Å²) in [7, 11) is 5.00. The Morgan fingerprint density at radius 3 is 2.41 bits per heavy atom. The van der Waals surface area contributed by atoms with Gasteiger partial charge in [-0.3, -0.25) is 14.5 Å². The molecule has 2 aromatic heterocycles. The molecule has 0 aliphatic heterocycles. The van der Waals surface area contributed by atoms with E-state index in [4.69, 9.17) is 14.5 Å². The van der Waals surface area contributed by atoms with Crippen molar-refractivity contribution < 1.29 is 19.4 Å². The van der Waals surface area contributed by atoms with Crippen LogP contribution in [0.15, 0.2) is 55.0 Å². The van der Waals surface area contributed by atoms with Crippen LogP contribution in [-0.4, -0.2) is 51.6 Å². The van der Waals surface area contributed by atoms with Crippen LogP contribution in [0, 0.1) is 0 Å². The fraction of sp³-hybridized carbons (Fsp3) is 0.217. The van der Waals surface area contributed by atoms with Crippen molar-refractivity contribution in [3.05, 3.63) is 55.0 Å². The van der Waals surface area contributed by atoms with Crippen molar-refractivity contribution in [3.8, 4) is 22.8 Å².